The van der Waals surface area contributed by atoms with E-state index in [1.165, 1.54) is 0 Å². The normalized spacial score (nSPS) is 17.6. The van der Waals surface area contributed by atoms with Crippen molar-refractivity contribution in [3.8, 4) is 11.5 Å². The molecule has 1 aliphatic rings. The van der Waals surface area contributed by atoms with E-state index >= 15 is 0 Å². The van der Waals surface area contributed by atoms with Gasteiger partial charge in [-0.2, -0.15) is 4.98 Å². The Morgan fingerprint density at radius 3 is 2.62 bits per heavy atom. The number of hydrogen-bond acceptors (Lipinski definition) is 6. The van der Waals surface area contributed by atoms with Crippen molar-refractivity contribution in [2.45, 2.75) is 31.3 Å². The van der Waals surface area contributed by atoms with E-state index in [0.29, 0.717) is 37.8 Å². The zero-order valence-electron chi connectivity index (χ0n) is 13.4. The van der Waals surface area contributed by atoms with Crippen LogP contribution < -0.4 is 11.1 Å². The summed E-state index contributed by atoms with van der Waals surface area (Å²) in [6.45, 7) is 2.80. The van der Waals surface area contributed by atoms with Crippen molar-refractivity contribution in [1.29, 1.82) is 0 Å². The molecule has 130 valence electrons. The molecular formula is C16H21ClN4O3. The third-order valence-corrected chi connectivity index (χ3v) is 4.03. The van der Waals surface area contributed by atoms with Gasteiger partial charge in [0.25, 0.3) is 5.89 Å². The molecule has 1 atom stereocenters. The molecule has 0 spiro atoms. The zero-order valence-corrected chi connectivity index (χ0v) is 14.2. The minimum Gasteiger partial charge on any atom is -0.381 e. The molecule has 0 bridgehead atoms. The van der Waals surface area contributed by atoms with E-state index in [9.17, 15) is 4.79 Å². The maximum Gasteiger partial charge on any atom is 0.257 e. The minimum atomic E-state index is -0.890. The van der Waals surface area contributed by atoms with Crippen LogP contribution in [0.1, 0.15) is 31.6 Å². The molecule has 8 heteroatoms. The molecule has 3 N–H and O–H groups in total. The van der Waals surface area contributed by atoms with Crippen molar-refractivity contribution in [3.63, 3.8) is 0 Å². The summed E-state index contributed by atoms with van der Waals surface area (Å²) < 4.78 is 10.5. The number of nitrogens with two attached hydrogens (primary N) is 1. The predicted octanol–water partition coefficient (Wildman–Crippen LogP) is 1.84. The molecule has 1 fully saturated rings. The summed E-state index contributed by atoms with van der Waals surface area (Å²) in [5.41, 5.74) is 6.12. The summed E-state index contributed by atoms with van der Waals surface area (Å²) in [6.07, 6.45) is 1.01. The second kappa shape index (κ2) is 7.74. The van der Waals surface area contributed by atoms with Crippen LogP contribution in [-0.2, 0) is 9.53 Å². The van der Waals surface area contributed by atoms with E-state index in [1.807, 2.05) is 30.3 Å². The van der Waals surface area contributed by atoms with Gasteiger partial charge in [-0.3, -0.25) is 4.79 Å². The first kappa shape index (κ1) is 18.4. The standard InChI is InChI=1S/C16H20N4O3.ClH/c1-11(18-15(21)16(17)7-9-22-10-8-16)13-19-14(23-20-13)12-5-3-2-4-6-12;/h2-6,11H,7-10,17H2,1H3,(H,18,21);1H. The molecule has 3 rings (SSSR count). The van der Waals surface area contributed by atoms with E-state index in [1.54, 1.807) is 6.92 Å². The molecule has 1 unspecified atom stereocenters. The lowest BCUT2D eigenvalue weighted by molar-refractivity contribution is -0.130. The molecule has 0 saturated carbocycles. The molecule has 2 heterocycles. The molecule has 1 aromatic heterocycles. The second-order valence-electron chi connectivity index (χ2n) is 5.79. The Labute approximate surface area is 146 Å². The minimum absolute atomic E-state index is 0. The number of carbonyl (C=O) groups excluding carboxylic acids is 1. The van der Waals surface area contributed by atoms with Gasteiger partial charge in [0.2, 0.25) is 5.91 Å². The third kappa shape index (κ3) is 3.92. The Morgan fingerprint density at radius 1 is 1.29 bits per heavy atom. The maximum atomic E-state index is 12.4. The average Bonchev–Trinajstić information content (AvgIpc) is 3.06. The molecule has 0 aliphatic carbocycles. The van der Waals surface area contributed by atoms with Crippen molar-refractivity contribution in [1.82, 2.24) is 15.5 Å². The van der Waals surface area contributed by atoms with Crippen LogP contribution in [0.2, 0.25) is 0 Å². The molecule has 7 nitrogen and oxygen atoms in total. The van der Waals surface area contributed by atoms with E-state index < -0.39 is 5.54 Å². The van der Waals surface area contributed by atoms with Crippen LogP contribution in [-0.4, -0.2) is 34.8 Å². The summed E-state index contributed by atoms with van der Waals surface area (Å²) in [4.78, 5) is 16.7. The van der Waals surface area contributed by atoms with Crippen molar-refractivity contribution in [2.75, 3.05) is 13.2 Å². The summed E-state index contributed by atoms with van der Waals surface area (Å²) >= 11 is 0. The maximum absolute atomic E-state index is 12.4. The Bertz CT molecular complexity index is 671. The van der Waals surface area contributed by atoms with Crippen molar-refractivity contribution in [2.24, 2.45) is 5.73 Å². The summed E-state index contributed by atoms with van der Waals surface area (Å²) in [6, 6.07) is 9.10. The van der Waals surface area contributed by atoms with Crippen molar-refractivity contribution < 1.29 is 14.1 Å². The highest BCUT2D eigenvalue weighted by atomic mass is 35.5. The quantitative estimate of drug-likeness (QED) is 0.870. The first-order chi connectivity index (χ1) is 11.1. The average molecular weight is 353 g/mol. The Balaban J connectivity index is 0.00000208. The fraction of sp³-hybridized carbons (Fsp3) is 0.438. The highest BCUT2D eigenvalue weighted by Gasteiger charge is 2.37. The van der Waals surface area contributed by atoms with Crippen molar-refractivity contribution in [3.05, 3.63) is 36.2 Å². The van der Waals surface area contributed by atoms with Gasteiger partial charge >= 0.3 is 0 Å². The van der Waals surface area contributed by atoms with Gasteiger partial charge in [-0.05, 0) is 31.9 Å². The van der Waals surface area contributed by atoms with Gasteiger partial charge in [-0.1, -0.05) is 23.4 Å². The van der Waals surface area contributed by atoms with Crippen LogP contribution >= 0.6 is 12.4 Å². The topological polar surface area (TPSA) is 103 Å². The van der Waals surface area contributed by atoms with Gasteiger partial charge in [-0.25, -0.2) is 0 Å². The summed E-state index contributed by atoms with van der Waals surface area (Å²) in [5.74, 6) is 0.641. The Morgan fingerprint density at radius 2 is 1.96 bits per heavy atom. The largest absolute Gasteiger partial charge is 0.381 e. The second-order valence-corrected chi connectivity index (χ2v) is 5.79. The highest BCUT2D eigenvalue weighted by molar-refractivity contribution is 5.86. The molecule has 0 radical (unpaired) electrons. The van der Waals surface area contributed by atoms with E-state index in [2.05, 4.69) is 15.5 Å². The molecule has 2 aromatic rings. The monoisotopic (exact) mass is 352 g/mol. The number of halogens is 1. The molecule has 1 aliphatic heterocycles. The number of rotatable bonds is 4. The fourth-order valence-electron chi connectivity index (χ4n) is 2.48. The van der Waals surface area contributed by atoms with Crippen LogP contribution in [0, 0.1) is 0 Å². The molecular weight excluding hydrogens is 332 g/mol. The molecule has 1 saturated heterocycles. The number of aromatic nitrogens is 2. The van der Waals surface area contributed by atoms with Gasteiger partial charge in [-0.15, -0.1) is 12.4 Å². The lowest BCUT2D eigenvalue weighted by Gasteiger charge is -2.32. The van der Waals surface area contributed by atoms with Gasteiger partial charge in [0.1, 0.15) is 0 Å². The van der Waals surface area contributed by atoms with Crippen LogP contribution in [0.5, 0.6) is 0 Å². The van der Waals surface area contributed by atoms with Crippen LogP contribution in [0.4, 0.5) is 0 Å². The first-order valence-corrected chi connectivity index (χ1v) is 7.65. The Hall–Kier alpha value is -1.96. The van der Waals surface area contributed by atoms with Crippen molar-refractivity contribution >= 4 is 18.3 Å². The lowest BCUT2D eigenvalue weighted by Crippen LogP contribution is -2.57. The Kier molecular flexibility index (Phi) is 5.93. The van der Waals surface area contributed by atoms with Crippen LogP contribution in [0.3, 0.4) is 0 Å². The number of amides is 1. The molecule has 24 heavy (non-hydrogen) atoms. The van der Waals surface area contributed by atoms with E-state index in [4.69, 9.17) is 15.0 Å². The number of nitrogens with one attached hydrogen (secondary N) is 1. The summed E-state index contributed by atoms with van der Waals surface area (Å²) in [5, 5.41) is 6.81. The lowest BCUT2D eigenvalue weighted by atomic mass is 9.90. The SMILES string of the molecule is CC(NC(=O)C1(N)CCOCC1)c1noc(-c2ccccc2)n1.Cl. The molecule has 1 amide bonds. The number of carbonyl (C=O) groups is 1. The van der Waals surface area contributed by atoms with Crippen LogP contribution in [0.25, 0.3) is 11.5 Å². The number of hydrogen-bond donors (Lipinski definition) is 2. The number of benzene rings is 1. The van der Waals surface area contributed by atoms with Gasteiger partial charge in [0, 0.05) is 18.8 Å². The zero-order chi connectivity index (χ0) is 16.3. The number of ether oxygens (including phenoxy) is 1. The van der Waals surface area contributed by atoms with E-state index in [0.717, 1.165) is 5.56 Å². The fourth-order valence-corrected chi connectivity index (χ4v) is 2.48. The predicted molar refractivity (Wildman–Crippen MR) is 90.5 cm³/mol. The smallest absolute Gasteiger partial charge is 0.257 e. The van der Waals surface area contributed by atoms with Crippen LogP contribution in [0.15, 0.2) is 34.9 Å². The van der Waals surface area contributed by atoms with Gasteiger partial charge in [0.05, 0.1) is 11.6 Å². The van der Waals surface area contributed by atoms with Gasteiger partial charge in [0.15, 0.2) is 5.82 Å². The van der Waals surface area contributed by atoms with Gasteiger partial charge < -0.3 is 20.3 Å². The number of nitrogens with zero attached hydrogens (tertiary/aromatic N) is 2. The highest BCUT2D eigenvalue weighted by Crippen LogP contribution is 2.21. The summed E-state index contributed by atoms with van der Waals surface area (Å²) in [7, 11) is 0. The third-order valence-electron chi connectivity index (χ3n) is 4.03. The molecule has 1 aromatic carbocycles. The first-order valence-electron chi connectivity index (χ1n) is 7.65. The van der Waals surface area contributed by atoms with E-state index in [-0.39, 0.29) is 24.4 Å².